The molecule has 0 spiro atoms. The molecule has 0 aliphatic rings. The molecule has 1 atom stereocenters. The summed E-state index contributed by atoms with van der Waals surface area (Å²) in [6.45, 7) is 4.82. The number of amides is 1. The van der Waals surface area contributed by atoms with Gasteiger partial charge in [0.15, 0.2) is 0 Å². The van der Waals surface area contributed by atoms with E-state index < -0.39 is 6.04 Å². The van der Waals surface area contributed by atoms with Crippen molar-refractivity contribution < 1.29 is 4.79 Å². The Balaban J connectivity index is 1.82. The molecule has 2 aromatic rings. The minimum Gasteiger partial charge on any atom is -0.354 e. The third-order valence-corrected chi connectivity index (χ3v) is 3.95. The van der Waals surface area contributed by atoms with Crippen molar-refractivity contribution in [2.75, 3.05) is 6.54 Å². The van der Waals surface area contributed by atoms with Crippen molar-refractivity contribution in [3.05, 3.63) is 70.8 Å². The summed E-state index contributed by atoms with van der Waals surface area (Å²) in [5, 5.41) is 2.94. The lowest BCUT2D eigenvalue weighted by molar-refractivity contribution is -0.122. The number of rotatable bonds is 6. The van der Waals surface area contributed by atoms with Gasteiger partial charge in [0.1, 0.15) is 0 Å². The highest BCUT2D eigenvalue weighted by Gasteiger charge is 2.13. The van der Waals surface area contributed by atoms with Crippen LogP contribution in [0, 0.1) is 13.8 Å². The highest BCUT2D eigenvalue weighted by atomic mass is 16.2. The summed E-state index contributed by atoms with van der Waals surface area (Å²) in [5.74, 6) is -0.0879. The third kappa shape index (κ3) is 4.43. The second-order valence-electron chi connectivity index (χ2n) is 5.71. The monoisotopic (exact) mass is 296 g/mol. The van der Waals surface area contributed by atoms with Gasteiger partial charge in [-0.1, -0.05) is 48.5 Å². The Morgan fingerprint density at radius 2 is 1.68 bits per heavy atom. The van der Waals surface area contributed by atoms with E-state index in [-0.39, 0.29) is 5.91 Å². The van der Waals surface area contributed by atoms with Gasteiger partial charge in [-0.25, -0.2) is 0 Å². The van der Waals surface area contributed by atoms with E-state index in [2.05, 4.69) is 37.4 Å². The third-order valence-electron chi connectivity index (χ3n) is 3.95. The standard InChI is InChI=1S/C19H24N2O/c1-14-7-6-8-15(2)17(14)11-12-21-19(22)18(20)13-16-9-4-3-5-10-16/h3-10,18H,11-13,20H2,1-2H3,(H,21,22)/t18-/m0/s1. The summed E-state index contributed by atoms with van der Waals surface area (Å²) >= 11 is 0. The molecule has 0 bridgehead atoms. The van der Waals surface area contributed by atoms with Gasteiger partial charge >= 0.3 is 0 Å². The maximum absolute atomic E-state index is 12.1. The number of carbonyl (C=O) groups is 1. The Labute approximate surface area is 132 Å². The fraction of sp³-hybridized carbons (Fsp3) is 0.316. The number of aryl methyl sites for hydroxylation is 2. The number of hydrogen-bond acceptors (Lipinski definition) is 2. The van der Waals surface area contributed by atoms with Gasteiger partial charge in [-0.05, 0) is 48.9 Å². The molecule has 0 saturated carbocycles. The lowest BCUT2D eigenvalue weighted by Gasteiger charge is -2.14. The van der Waals surface area contributed by atoms with E-state index >= 15 is 0 Å². The minimum absolute atomic E-state index is 0.0879. The summed E-state index contributed by atoms with van der Waals surface area (Å²) in [6, 6.07) is 15.6. The van der Waals surface area contributed by atoms with Crippen LogP contribution >= 0.6 is 0 Å². The van der Waals surface area contributed by atoms with Crippen molar-refractivity contribution in [1.29, 1.82) is 0 Å². The van der Waals surface area contributed by atoms with Crippen LogP contribution in [0.25, 0.3) is 0 Å². The molecule has 0 aliphatic heterocycles. The van der Waals surface area contributed by atoms with Gasteiger partial charge in [0.2, 0.25) is 5.91 Å². The van der Waals surface area contributed by atoms with Crippen LogP contribution in [0.5, 0.6) is 0 Å². The Morgan fingerprint density at radius 1 is 1.05 bits per heavy atom. The fourth-order valence-electron chi connectivity index (χ4n) is 2.65. The topological polar surface area (TPSA) is 55.1 Å². The first kappa shape index (κ1) is 16.2. The van der Waals surface area contributed by atoms with Crippen molar-refractivity contribution in [2.24, 2.45) is 5.73 Å². The molecule has 0 aliphatic carbocycles. The summed E-state index contributed by atoms with van der Waals surface area (Å²) in [6.07, 6.45) is 1.40. The predicted octanol–water partition coefficient (Wildman–Crippen LogP) is 2.53. The molecule has 3 heteroatoms. The summed E-state index contributed by atoms with van der Waals surface area (Å²) in [4.78, 5) is 12.1. The highest BCUT2D eigenvalue weighted by Crippen LogP contribution is 2.13. The van der Waals surface area contributed by atoms with Crippen molar-refractivity contribution in [1.82, 2.24) is 5.32 Å². The van der Waals surface area contributed by atoms with Crippen molar-refractivity contribution in [2.45, 2.75) is 32.7 Å². The van der Waals surface area contributed by atoms with Gasteiger partial charge in [0.25, 0.3) is 0 Å². The second-order valence-corrected chi connectivity index (χ2v) is 5.71. The number of carbonyl (C=O) groups excluding carboxylic acids is 1. The number of nitrogens with two attached hydrogens (primary N) is 1. The maximum atomic E-state index is 12.1. The lowest BCUT2D eigenvalue weighted by Crippen LogP contribution is -2.42. The molecule has 22 heavy (non-hydrogen) atoms. The van der Waals surface area contributed by atoms with E-state index in [1.54, 1.807) is 0 Å². The molecule has 2 aromatic carbocycles. The van der Waals surface area contributed by atoms with Gasteiger partial charge < -0.3 is 11.1 Å². The Morgan fingerprint density at radius 3 is 2.32 bits per heavy atom. The van der Waals surface area contributed by atoms with Gasteiger partial charge in [-0.3, -0.25) is 4.79 Å². The molecule has 0 unspecified atom stereocenters. The van der Waals surface area contributed by atoms with Crippen LogP contribution in [0.4, 0.5) is 0 Å². The van der Waals surface area contributed by atoms with Crippen LogP contribution in [-0.2, 0) is 17.6 Å². The zero-order valence-corrected chi connectivity index (χ0v) is 13.3. The minimum atomic E-state index is -0.500. The molecular formula is C19H24N2O. The predicted molar refractivity (Wildman–Crippen MR) is 90.8 cm³/mol. The number of nitrogens with one attached hydrogen (secondary N) is 1. The van der Waals surface area contributed by atoms with E-state index in [4.69, 9.17) is 5.73 Å². The zero-order valence-electron chi connectivity index (χ0n) is 13.3. The van der Waals surface area contributed by atoms with Crippen molar-refractivity contribution in [3.63, 3.8) is 0 Å². The lowest BCUT2D eigenvalue weighted by atomic mass is 10.00. The quantitative estimate of drug-likeness (QED) is 0.860. The number of hydrogen-bond donors (Lipinski definition) is 2. The van der Waals surface area contributed by atoms with Crippen LogP contribution in [0.2, 0.25) is 0 Å². The number of benzene rings is 2. The fourth-order valence-corrected chi connectivity index (χ4v) is 2.65. The molecule has 1 amide bonds. The molecule has 3 N–H and O–H groups in total. The molecule has 116 valence electrons. The van der Waals surface area contributed by atoms with E-state index in [0.29, 0.717) is 13.0 Å². The summed E-state index contributed by atoms with van der Waals surface area (Å²) in [7, 11) is 0. The molecule has 0 fully saturated rings. The van der Waals surface area contributed by atoms with E-state index in [0.717, 1.165) is 12.0 Å². The Kier molecular flexibility index (Phi) is 5.73. The Bertz CT molecular complexity index is 602. The molecule has 3 nitrogen and oxygen atoms in total. The maximum Gasteiger partial charge on any atom is 0.237 e. The first-order chi connectivity index (χ1) is 10.6. The molecule has 0 radical (unpaired) electrons. The summed E-state index contributed by atoms with van der Waals surface area (Å²) in [5.41, 5.74) is 10.9. The van der Waals surface area contributed by atoms with E-state index in [9.17, 15) is 4.79 Å². The van der Waals surface area contributed by atoms with E-state index in [1.807, 2.05) is 30.3 Å². The average Bonchev–Trinajstić information content (AvgIpc) is 2.51. The van der Waals surface area contributed by atoms with Gasteiger partial charge in [0, 0.05) is 6.54 Å². The smallest absolute Gasteiger partial charge is 0.237 e. The van der Waals surface area contributed by atoms with Gasteiger partial charge in [0.05, 0.1) is 6.04 Å². The summed E-state index contributed by atoms with van der Waals surface area (Å²) < 4.78 is 0. The molecule has 0 saturated heterocycles. The van der Waals surface area contributed by atoms with Gasteiger partial charge in [-0.15, -0.1) is 0 Å². The Hall–Kier alpha value is -2.13. The molecular weight excluding hydrogens is 272 g/mol. The van der Waals surface area contributed by atoms with Crippen molar-refractivity contribution >= 4 is 5.91 Å². The second kappa shape index (κ2) is 7.76. The van der Waals surface area contributed by atoms with Crippen LogP contribution in [0.3, 0.4) is 0 Å². The zero-order chi connectivity index (χ0) is 15.9. The largest absolute Gasteiger partial charge is 0.354 e. The SMILES string of the molecule is Cc1cccc(C)c1CCNC(=O)[C@@H](N)Cc1ccccc1. The normalized spacial score (nSPS) is 12.0. The van der Waals surface area contributed by atoms with Crippen LogP contribution in [-0.4, -0.2) is 18.5 Å². The van der Waals surface area contributed by atoms with Crippen LogP contribution < -0.4 is 11.1 Å². The highest BCUT2D eigenvalue weighted by molar-refractivity contribution is 5.81. The van der Waals surface area contributed by atoms with Crippen molar-refractivity contribution in [3.8, 4) is 0 Å². The van der Waals surface area contributed by atoms with Gasteiger partial charge in [-0.2, -0.15) is 0 Å². The van der Waals surface area contributed by atoms with E-state index in [1.165, 1.54) is 16.7 Å². The molecule has 2 rings (SSSR count). The molecule has 0 heterocycles. The average molecular weight is 296 g/mol. The first-order valence-corrected chi connectivity index (χ1v) is 7.70. The first-order valence-electron chi connectivity index (χ1n) is 7.70. The molecule has 0 aromatic heterocycles. The van der Waals surface area contributed by atoms with Crippen LogP contribution in [0.1, 0.15) is 22.3 Å². The van der Waals surface area contributed by atoms with Crippen LogP contribution in [0.15, 0.2) is 48.5 Å².